The zero-order valence-electron chi connectivity index (χ0n) is 12.4. The highest BCUT2D eigenvalue weighted by Crippen LogP contribution is 2.17. The lowest BCUT2D eigenvalue weighted by molar-refractivity contribution is -0.115. The standard InChI is InChI=1S/C14H16N4O4S/c1-2-22-10-6-4-3-5-9(10)13(21)15-7-11(20)16-14-18-17-12(8-19)23-14/h3-6,19H,2,7-8H2,1H3,(H,15,21)(H,16,18,20). The van der Waals surface area contributed by atoms with Crippen molar-refractivity contribution < 1.29 is 19.4 Å². The van der Waals surface area contributed by atoms with Gasteiger partial charge in [-0.25, -0.2) is 0 Å². The maximum Gasteiger partial charge on any atom is 0.255 e. The van der Waals surface area contributed by atoms with Crippen LogP contribution in [0.1, 0.15) is 22.3 Å². The van der Waals surface area contributed by atoms with Crippen LogP contribution in [0.4, 0.5) is 5.13 Å². The molecule has 8 nitrogen and oxygen atoms in total. The molecule has 0 aliphatic heterocycles. The van der Waals surface area contributed by atoms with Crippen LogP contribution in [-0.2, 0) is 11.4 Å². The number of aliphatic hydroxyl groups excluding tert-OH is 1. The zero-order chi connectivity index (χ0) is 16.7. The third-order valence-electron chi connectivity index (χ3n) is 2.69. The SMILES string of the molecule is CCOc1ccccc1C(=O)NCC(=O)Nc1nnc(CO)s1. The summed E-state index contributed by atoms with van der Waals surface area (Å²) >= 11 is 1.06. The number of hydrogen-bond acceptors (Lipinski definition) is 7. The maximum atomic E-state index is 12.1. The van der Waals surface area contributed by atoms with Gasteiger partial charge >= 0.3 is 0 Å². The lowest BCUT2D eigenvalue weighted by atomic mass is 10.2. The molecule has 0 aliphatic rings. The Labute approximate surface area is 136 Å². The zero-order valence-corrected chi connectivity index (χ0v) is 13.2. The highest BCUT2D eigenvalue weighted by molar-refractivity contribution is 7.15. The van der Waals surface area contributed by atoms with E-state index >= 15 is 0 Å². The van der Waals surface area contributed by atoms with Crippen molar-refractivity contribution in [2.75, 3.05) is 18.5 Å². The summed E-state index contributed by atoms with van der Waals surface area (Å²) in [7, 11) is 0. The first-order chi connectivity index (χ1) is 11.1. The van der Waals surface area contributed by atoms with Crippen molar-refractivity contribution in [2.45, 2.75) is 13.5 Å². The number of ether oxygens (including phenoxy) is 1. The summed E-state index contributed by atoms with van der Waals surface area (Å²) < 4.78 is 5.37. The molecule has 122 valence electrons. The van der Waals surface area contributed by atoms with E-state index in [1.165, 1.54) is 0 Å². The normalized spacial score (nSPS) is 10.2. The largest absolute Gasteiger partial charge is 0.493 e. The van der Waals surface area contributed by atoms with E-state index in [1.807, 2.05) is 6.92 Å². The molecule has 0 spiro atoms. The topological polar surface area (TPSA) is 113 Å². The van der Waals surface area contributed by atoms with Gasteiger partial charge in [0.1, 0.15) is 10.8 Å². The lowest BCUT2D eigenvalue weighted by Gasteiger charge is -2.10. The van der Waals surface area contributed by atoms with Gasteiger partial charge in [-0.3, -0.25) is 14.9 Å². The molecule has 0 atom stereocenters. The number of anilines is 1. The van der Waals surface area contributed by atoms with Gasteiger partial charge in [0.25, 0.3) is 5.91 Å². The Morgan fingerprint density at radius 1 is 1.30 bits per heavy atom. The minimum Gasteiger partial charge on any atom is -0.493 e. The summed E-state index contributed by atoms with van der Waals surface area (Å²) in [6.07, 6.45) is 0. The van der Waals surface area contributed by atoms with Gasteiger partial charge in [0.2, 0.25) is 11.0 Å². The number of aliphatic hydroxyl groups is 1. The van der Waals surface area contributed by atoms with E-state index in [1.54, 1.807) is 24.3 Å². The van der Waals surface area contributed by atoms with Crippen LogP contribution in [-0.4, -0.2) is 40.3 Å². The molecule has 2 amide bonds. The van der Waals surface area contributed by atoms with Crippen LogP contribution in [0.25, 0.3) is 0 Å². The van der Waals surface area contributed by atoms with Gasteiger partial charge in [-0.1, -0.05) is 23.5 Å². The fraction of sp³-hybridized carbons (Fsp3) is 0.286. The van der Waals surface area contributed by atoms with Crippen molar-refractivity contribution in [3.8, 4) is 5.75 Å². The van der Waals surface area contributed by atoms with Crippen LogP contribution in [0.3, 0.4) is 0 Å². The molecule has 0 radical (unpaired) electrons. The first-order valence-electron chi connectivity index (χ1n) is 6.87. The van der Waals surface area contributed by atoms with Crippen molar-refractivity contribution in [3.63, 3.8) is 0 Å². The minimum atomic E-state index is -0.437. The van der Waals surface area contributed by atoms with E-state index in [4.69, 9.17) is 9.84 Å². The van der Waals surface area contributed by atoms with Crippen LogP contribution in [0.5, 0.6) is 5.75 Å². The van der Waals surface area contributed by atoms with Gasteiger partial charge in [-0.05, 0) is 19.1 Å². The van der Waals surface area contributed by atoms with Crippen molar-refractivity contribution in [1.29, 1.82) is 0 Å². The predicted octanol–water partition coefficient (Wildman–Crippen LogP) is 0.798. The lowest BCUT2D eigenvalue weighted by Crippen LogP contribution is -2.33. The Kier molecular flexibility index (Phi) is 6.01. The number of amides is 2. The Hall–Kier alpha value is -2.52. The smallest absolute Gasteiger partial charge is 0.255 e. The molecule has 1 aromatic carbocycles. The van der Waals surface area contributed by atoms with Gasteiger partial charge in [0.05, 0.1) is 25.3 Å². The summed E-state index contributed by atoms with van der Waals surface area (Å²) in [5, 5.41) is 21.9. The Bertz CT molecular complexity index is 689. The quantitative estimate of drug-likeness (QED) is 0.689. The Morgan fingerprint density at radius 3 is 2.78 bits per heavy atom. The molecule has 1 aromatic heterocycles. The molecule has 3 N–H and O–H groups in total. The number of benzene rings is 1. The van der Waals surface area contributed by atoms with E-state index in [0.29, 0.717) is 22.9 Å². The molecule has 9 heteroatoms. The summed E-state index contributed by atoms with van der Waals surface area (Å²) in [5.74, 6) is -0.380. The molecule has 0 saturated carbocycles. The molecule has 0 aliphatic carbocycles. The van der Waals surface area contributed by atoms with Gasteiger partial charge in [0, 0.05) is 0 Å². The van der Waals surface area contributed by atoms with Gasteiger partial charge in [0.15, 0.2) is 0 Å². The molecule has 2 aromatic rings. The molecule has 23 heavy (non-hydrogen) atoms. The number of rotatable bonds is 7. The second-order valence-corrected chi connectivity index (χ2v) is 5.38. The number of nitrogens with one attached hydrogen (secondary N) is 2. The van der Waals surface area contributed by atoms with Crippen LogP contribution in [0.2, 0.25) is 0 Å². The number of para-hydroxylation sites is 1. The Morgan fingerprint density at radius 2 is 2.09 bits per heavy atom. The second-order valence-electron chi connectivity index (χ2n) is 4.32. The fourth-order valence-electron chi connectivity index (χ4n) is 1.72. The second kappa shape index (κ2) is 8.20. The minimum absolute atomic E-state index is 0.215. The monoisotopic (exact) mass is 336 g/mol. The van der Waals surface area contributed by atoms with E-state index in [0.717, 1.165) is 11.3 Å². The van der Waals surface area contributed by atoms with Crippen molar-refractivity contribution in [2.24, 2.45) is 0 Å². The first-order valence-corrected chi connectivity index (χ1v) is 7.68. The highest BCUT2D eigenvalue weighted by Gasteiger charge is 2.14. The van der Waals surface area contributed by atoms with E-state index in [-0.39, 0.29) is 18.3 Å². The highest BCUT2D eigenvalue weighted by atomic mass is 32.1. The number of nitrogens with zero attached hydrogens (tertiary/aromatic N) is 2. The first kappa shape index (κ1) is 16.8. The molecule has 0 saturated heterocycles. The van der Waals surface area contributed by atoms with Gasteiger partial charge in [-0.2, -0.15) is 0 Å². The predicted molar refractivity (Wildman–Crippen MR) is 84.4 cm³/mol. The molecular formula is C14H16N4O4S. The summed E-state index contributed by atoms with van der Waals surface area (Å²) in [6.45, 7) is 1.81. The summed E-state index contributed by atoms with van der Waals surface area (Å²) in [5.41, 5.74) is 0.362. The van der Waals surface area contributed by atoms with Crippen molar-refractivity contribution >= 4 is 28.3 Å². The van der Waals surface area contributed by atoms with E-state index in [2.05, 4.69) is 20.8 Å². The van der Waals surface area contributed by atoms with Crippen LogP contribution in [0, 0.1) is 0 Å². The molecule has 0 unspecified atom stereocenters. The van der Waals surface area contributed by atoms with E-state index in [9.17, 15) is 9.59 Å². The summed E-state index contributed by atoms with van der Waals surface area (Å²) in [4.78, 5) is 23.9. The van der Waals surface area contributed by atoms with Crippen molar-refractivity contribution in [1.82, 2.24) is 15.5 Å². The molecule has 2 rings (SSSR count). The third-order valence-corrected chi connectivity index (χ3v) is 3.51. The fourth-order valence-corrected chi connectivity index (χ4v) is 2.34. The number of aromatic nitrogens is 2. The third kappa shape index (κ3) is 4.73. The average Bonchev–Trinajstić information content (AvgIpc) is 3.01. The maximum absolute atomic E-state index is 12.1. The van der Waals surface area contributed by atoms with Crippen molar-refractivity contribution in [3.05, 3.63) is 34.8 Å². The Balaban J connectivity index is 1.90. The number of hydrogen-bond donors (Lipinski definition) is 3. The van der Waals surface area contributed by atoms with Crippen LogP contribution in [0.15, 0.2) is 24.3 Å². The molecule has 0 fully saturated rings. The van der Waals surface area contributed by atoms with E-state index < -0.39 is 11.8 Å². The molecular weight excluding hydrogens is 320 g/mol. The van der Waals surface area contributed by atoms with Crippen LogP contribution < -0.4 is 15.4 Å². The summed E-state index contributed by atoms with van der Waals surface area (Å²) in [6, 6.07) is 6.80. The van der Waals surface area contributed by atoms with Gasteiger partial charge < -0.3 is 15.2 Å². The van der Waals surface area contributed by atoms with Gasteiger partial charge in [-0.15, -0.1) is 10.2 Å². The number of carbonyl (C=O) groups excluding carboxylic acids is 2. The van der Waals surface area contributed by atoms with Crippen LogP contribution >= 0.6 is 11.3 Å². The number of carbonyl (C=O) groups is 2. The molecule has 1 heterocycles. The average molecular weight is 336 g/mol. The molecule has 0 bridgehead atoms.